The molecular formula is C41H24ClF11N2O3. The number of methoxy groups -OCH3 is 1. The highest BCUT2D eigenvalue weighted by atomic mass is 35.5. The van der Waals surface area contributed by atoms with Gasteiger partial charge in [-0.05, 0) is 95.6 Å². The molecule has 300 valence electrons. The maximum atomic E-state index is 13.7. The van der Waals surface area contributed by atoms with Crippen molar-refractivity contribution in [2.45, 2.75) is 12.4 Å². The summed E-state index contributed by atoms with van der Waals surface area (Å²) in [6.45, 7) is 0. The molecule has 0 bridgehead atoms. The van der Waals surface area contributed by atoms with Crippen LogP contribution in [-0.4, -0.2) is 18.9 Å². The van der Waals surface area contributed by atoms with E-state index >= 15 is 0 Å². The van der Waals surface area contributed by atoms with E-state index in [2.05, 4.69) is 10.6 Å². The third-order valence-corrected chi connectivity index (χ3v) is 8.40. The summed E-state index contributed by atoms with van der Waals surface area (Å²) in [5.41, 5.74) is -3.02. The number of ether oxygens (including phenoxy) is 1. The summed E-state index contributed by atoms with van der Waals surface area (Å²) in [5, 5.41) is 5.16. The lowest BCUT2D eigenvalue weighted by molar-refractivity contribution is -0.141. The van der Waals surface area contributed by atoms with Crippen molar-refractivity contribution in [1.29, 1.82) is 0 Å². The molecule has 0 heterocycles. The average molecular weight is 837 g/mol. The van der Waals surface area contributed by atoms with E-state index in [0.29, 0.717) is 46.8 Å². The van der Waals surface area contributed by atoms with Crippen LogP contribution in [0.3, 0.4) is 0 Å². The molecule has 6 aromatic carbocycles. The molecule has 0 radical (unpaired) electrons. The Morgan fingerprint density at radius 3 is 1.62 bits per heavy atom. The van der Waals surface area contributed by atoms with Crippen molar-refractivity contribution >= 4 is 34.8 Å². The van der Waals surface area contributed by atoms with Crippen molar-refractivity contribution in [2.24, 2.45) is 0 Å². The minimum absolute atomic E-state index is 0.0306. The fraction of sp³-hybridized carbons (Fsp3) is 0.0732. The van der Waals surface area contributed by atoms with Gasteiger partial charge in [0.25, 0.3) is 11.8 Å². The molecule has 0 aliphatic carbocycles. The van der Waals surface area contributed by atoms with Gasteiger partial charge in [0.1, 0.15) is 28.8 Å². The summed E-state index contributed by atoms with van der Waals surface area (Å²) in [6, 6.07) is 20.8. The van der Waals surface area contributed by atoms with Gasteiger partial charge < -0.3 is 15.4 Å². The number of hydrogen-bond acceptors (Lipinski definition) is 3. The lowest BCUT2D eigenvalue weighted by Gasteiger charge is -2.16. The predicted octanol–water partition coefficient (Wildman–Crippen LogP) is 12.6. The monoisotopic (exact) mass is 836 g/mol. The van der Waals surface area contributed by atoms with Crippen LogP contribution < -0.4 is 15.4 Å². The number of carbonyl (C=O) groups is 2. The summed E-state index contributed by atoms with van der Waals surface area (Å²) >= 11 is 6.02. The van der Waals surface area contributed by atoms with Crippen LogP contribution in [0.15, 0.2) is 115 Å². The number of nitrogens with one attached hydrogen (secondary N) is 2. The minimum atomic E-state index is -4.91. The molecule has 17 heteroatoms. The van der Waals surface area contributed by atoms with Crippen molar-refractivity contribution < 1.29 is 62.6 Å². The first kappa shape index (κ1) is 42.7. The lowest BCUT2D eigenvalue weighted by Crippen LogP contribution is -2.15. The van der Waals surface area contributed by atoms with Crippen molar-refractivity contribution in [3.8, 4) is 28.0 Å². The van der Waals surface area contributed by atoms with Crippen LogP contribution in [0.1, 0.15) is 31.8 Å². The number of hydrogen-bond donors (Lipinski definition) is 2. The van der Waals surface area contributed by atoms with Crippen molar-refractivity contribution in [2.75, 3.05) is 17.7 Å². The second kappa shape index (κ2) is 17.4. The highest BCUT2D eigenvalue weighted by Crippen LogP contribution is 2.41. The van der Waals surface area contributed by atoms with Crippen LogP contribution >= 0.6 is 11.6 Å². The van der Waals surface area contributed by atoms with Gasteiger partial charge in [-0.3, -0.25) is 9.59 Å². The number of anilines is 2. The highest BCUT2D eigenvalue weighted by molar-refractivity contribution is 6.31. The van der Waals surface area contributed by atoms with Gasteiger partial charge in [0.05, 0.1) is 23.8 Å². The van der Waals surface area contributed by atoms with Gasteiger partial charge in [0.2, 0.25) is 0 Å². The fourth-order valence-corrected chi connectivity index (χ4v) is 5.55. The highest BCUT2D eigenvalue weighted by Gasteiger charge is 2.37. The quantitative estimate of drug-likeness (QED) is 0.124. The number of amides is 2. The van der Waals surface area contributed by atoms with Gasteiger partial charge in [0.15, 0.2) is 11.6 Å². The third kappa shape index (κ3) is 10.1. The third-order valence-electron chi connectivity index (χ3n) is 8.17. The van der Waals surface area contributed by atoms with Gasteiger partial charge in [-0.15, -0.1) is 0 Å². The first-order valence-corrected chi connectivity index (χ1v) is 16.7. The zero-order valence-corrected chi connectivity index (χ0v) is 30.0. The van der Waals surface area contributed by atoms with Gasteiger partial charge in [-0.25, -0.2) is 22.0 Å². The minimum Gasteiger partial charge on any atom is -0.496 e. The van der Waals surface area contributed by atoms with Gasteiger partial charge in [-0.1, -0.05) is 41.9 Å². The van der Waals surface area contributed by atoms with Crippen molar-refractivity contribution in [3.05, 3.63) is 172 Å². The van der Waals surface area contributed by atoms with Gasteiger partial charge in [-0.2, -0.15) is 26.3 Å². The Kier molecular flexibility index (Phi) is 12.8. The van der Waals surface area contributed by atoms with E-state index < -0.39 is 81.1 Å². The van der Waals surface area contributed by atoms with Crippen LogP contribution in [0.4, 0.5) is 59.7 Å². The Hall–Kier alpha value is -6.42. The Bertz CT molecular complexity index is 2450. The standard InChI is InChI=1S/C21H11F8NO.C20H13ClF3NO2/c22-16-2-1-3-17(23)18(16)19(31)30-13-7-4-11(5-8-13)14-10-12(20(24,25)26)6-9-15(14)21(27,28)29;1-27-19-7-4-12(21)8-14(19)11-2-5-13(6-3-11)25-20(26)15-9-17(23)18(24)10-16(15)22/h1-10H,(H,30,31);2-10H,1H3,(H,25,26). The molecule has 0 aliphatic heterocycles. The van der Waals surface area contributed by atoms with Crippen LogP contribution in [0, 0.1) is 29.1 Å². The summed E-state index contributed by atoms with van der Waals surface area (Å²) < 4.78 is 151. The Balaban J connectivity index is 0.000000223. The van der Waals surface area contributed by atoms with E-state index in [-0.39, 0.29) is 11.3 Å². The fourth-order valence-electron chi connectivity index (χ4n) is 5.38. The van der Waals surface area contributed by atoms with E-state index in [9.17, 15) is 57.9 Å². The number of benzene rings is 6. The second-order valence-electron chi connectivity index (χ2n) is 12.0. The second-order valence-corrected chi connectivity index (χ2v) is 12.4. The van der Waals surface area contributed by atoms with E-state index in [0.717, 1.165) is 53.6 Å². The molecule has 0 saturated carbocycles. The molecule has 5 nitrogen and oxygen atoms in total. The molecular weight excluding hydrogens is 813 g/mol. The molecule has 58 heavy (non-hydrogen) atoms. The summed E-state index contributed by atoms with van der Waals surface area (Å²) in [4.78, 5) is 24.2. The topological polar surface area (TPSA) is 67.4 Å². The molecule has 2 N–H and O–H groups in total. The van der Waals surface area contributed by atoms with Crippen molar-refractivity contribution in [1.82, 2.24) is 0 Å². The van der Waals surface area contributed by atoms with Crippen LogP contribution in [-0.2, 0) is 12.4 Å². The van der Waals surface area contributed by atoms with E-state index in [1.807, 2.05) is 0 Å². The molecule has 0 aliphatic rings. The smallest absolute Gasteiger partial charge is 0.417 e. The number of halogens is 12. The largest absolute Gasteiger partial charge is 0.496 e. The molecule has 2 amide bonds. The van der Waals surface area contributed by atoms with E-state index in [1.165, 1.54) is 7.11 Å². The first-order chi connectivity index (χ1) is 27.3. The maximum Gasteiger partial charge on any atom is 0.417 e. The van der Waals surface area contributed by atoms with Crippen LogP contribution in [0.5, 0.6) is 5.75 Å². The molecule has 0 fully saturated rings. The average Bonchev–Trinajstić information content (AvgIpc) is 3.16. The molecule has 0 unspecified atom stereocenters. The first-order valence-electron chi connectivity index (χ1n) is 16.3. The Labute approximate surface area is 326 Å². The van der Waals surface area contributed by atoms with E-state index in [1.54, 1.807) is 42.5 Å². The van der Waals surface area contributed by atoms with Crippen LogP contribution in [0.2, 0.25) is 5.02 Å². The predicted molar refractivity (Wildman–Crippen MR) is 194 cm³/mol. The Morgan fingerprint density at radius 2 is 1.09 bits per heavy atom. The molecule has 0 atom stereocenters. The van der Waals surface area contributed by atoms with Crippen LogP contribution in [0.25, 0.3) is 22.3 Å². The zero-order valence-electron chi connectivity index (χ0n) is 29.2. The molecule has 6 rings (SSSR count). The molecule has 0 aromatic heterocycles. The summed E-state index contributed by atoms with van der Waals surface area (Å²) in [5.74, 6) is -7.45. The normalized spacial score (nSPS) is 11.3. The van der Waals surface area contributed by atoms with Crippen molar-refractivity contribution in [3.63, 3.8) is 0 Å². The maximum absolute atomic E-state index is 13.7. The SMILES string of the molecule is COc1ccc(Cl)cc1-c1ccc(NC(=O)c2cc(F)c(F)cc2F)cc1.O=C(Nc1ccc(-c2cc(C(F)(F)F)ccc2C(F)(F)F)cc1)c1c(F)cccc1F. The molecule has 0 spiro atoms. The molecule has 0 saturated heterocycles. The number of rotatable bonds is 7. The number of alkyl halides is 6. The Morgan fingerprint density at radius 1 is 0.552 bits per heavy atom. The van der Waals surface area contributed by atoms with E-state index in [4.69, 9.17) is 16.3 Å². The van der Waals surface area contributed by atoms with Gasteiger partial charge in [0, 0.05) is 28.0 Å². The van der Waals surface area contributed by atoms with Gasteiger partial charge >= 0.3 is 12.4 Å². The lowest BCUT2D eigenvalue weighted by atomic mass is 9.96. The summed E-state index contributed by atoms with van der Waals surface area (Å²) in [7, 11) is 1.54. The molecule has 6 aromatic rings. The number of carbonyl (C=O) groups excluding carboxylic acids is 2. The zero-order chi connectivity index (χ0) is 42.5. The summed E-state index contributed by atoms with van der Waals surface area (Å²) in [6.07, 6.45) is -9.76.